The molecule has 0 atom stereocenters. The average Bonchev–Trinajstić information content (AvgIpc) is 0.592. The van der Waals surface area contributed by atoms with Crippen molar-refractivity contribution < 1.29 is 35.3 Å². The van der Waals surface area contributed by atoms with E-state index in [4.69, 9.17) is 0 Å². The van der Waals surface area contributed by atoms with Crippen molar-refractivity contribution in [1.82, 2.24) is 0 Å². The Kier molecular flexibility index (Phi) is 3.89. The van der Waals surface area contributed by atoms with Crippen molar-refractivity contribution in [3.63, 3.8) is 0 Å². The van der Waals surface area contributed by atoms with Gasteiger partial charge in [-0.3, -0.25) is 0 Å². The molecular weight excluding hydrogens is 286 g/mol. The maximum absolute atomic E-state index is 11.0. The van der Waals surface area contributed by atoms with Crippen LogP contribution < -0.4 is 0 Å². The van der Waals surface area contributed by atoms with Crippen LogP contribution in [0.25, 0.3) is 0 Å². The van der Waals surface area contributed by atoms with Crippen molar-refractivity contribution in [3.05, 3.63) is 0 Å². The molecule has 9 heavy (non-hydrogen) atoms. The summed E-state index contributed by atoms with van der Waals surface area (Å²) in [7, 11) is 0. The first-order valence-electron chi connectivity index (χ1n) is 0.802. The average molecular weight is 288 g/mol. The van der Waals surface area contributed by atoms with Crippen LogP contribution in [0.1, 0.15) is 0 Å². The maximum atomic E-state index is 9.90. The summed E-state index contributed by atoms with van der Waals surface area (Å²) < 4.78 is 59.4. The van der Waals surface area contributed by atoms with E-state index < -0.39 is 15.4 Å². The Morgan fingerprint density at radius 3 is 0.556 bits per heavy atom. The van der Waals surface area contributed by atoms with Crippen LogP contribution in [-0.4, -0.2) is 0 Å². The van der Waals surface area contributed by atoms with E-state index in [0.29, 0.717) is 0 Å². The zero-order valence-corrected chi connectivity index (χ0v) is 6.81. The van der Waals surface area contributed by atoms with Crippen molar-refractivity contribution in [2.24, 2.45) is 0 Å². The van der Waals surface area contributed by atoms with Gasteiger partial charge >= 0.3 is 35.3 Å². The second kappa shape index (κ2) is 2.14. The van der Waals surface area contributed by atoms with Crippen molar-refractivity contribution in [2.45, 2.75) is 0 Å². The molecule has 0 saturated carbocycles. The zero-order valence-electron chi connectivity index (χ0n) is 3.44. The molecule has 0 aromatic rings. The van der Waals surface area contributed by atoms with Gasteiger partial charge in [0.05, 0.1) is 0 Å². The van der Waals surface area contributed by atoms with Crippen LogP contribution in [0.2, 0.25) is 0 Å². The van der Waals surface area contributed by atoms with Gasteiger partial charge in [0.15, 0.2) is 0 Å². The van der Waals surface area contributed by atoms with E-state index in [1.54, 1.807) is 0 Å². The third-order valence-corrected chi connectivity index (χ3v) is 0. The molecule has 0 heterocycles. The number of halogens is 8. The summed E-state index contributed by atoms with van der Waals surface area (Å²) in [5, 5.41) is 0. The molecule has 0 bridgehead atoms. The fourth-order valence-corrected chi connectivity index (χ4v) is 0. The molecule has 0 rings (SSSR count). The summed E-state index contributed by atoms with van der Waals surface area (Å²) in [4.78, 5) is 0. The summed E-state index contributed by atoms with van der Waals surface area (Å²) in [5.74, 6) is 0. The van der Waals surface area contributed by atoms with Crippen LogP contribution in [0.5, 0.6) is 0 Å². The van der Waals surface area contributed by atoms with Gasteiger partial charge in [0, 0.05) is 0 Å². The van der Waals surface area contributed by atoms with Gasteiger partial charge in [-0.05, 0) is 0 Å². The first kappa shape index (κ1) is 16.4. The minimum absolute atomic E-state index is 0. The third-order valence-electron chi connectivity index (χ3n) is 0. The van der Waals surface area contributed by atoms with Crippen LogP contribution >= 0.6 is 24.8 Å². The van der Waals surface area contributed by atoms with E-state index in [0.717, 1.165) is 0 Å². The van der Waals surface area contributed by atoms with E-state index in [1.165, 1.54) is 0 Å². The fourth-order valence-electron chi connectivity index (χ4n) is 0. The summed E-state index contributed by atoms with van der Waals surface area (Å²) in [6, 6.07) is 0. The first-order valence-corrected chi connectivity index (χ1v) is 4.74. The van der Waals surface area contributed by atoms with Crippen LogP contribution in [0, 0.1) is 0 Å². The zero-order chi connectivity index (χ0) is 6.41. The van der Waals surface area contributed by atoms with Crippen molar-refractivity contribution in [1.29, 1.82) is 0 Å². The number of rotatable bonds is 0. The van der Waals surface area contributed by atoms with Crippen molar-refractivity contribution in [3.8, 4) is 0 Å². The molecule has 0 saturated heterocycles. The van der Waals surface area contributed by atoms with E-state index >= 15 is 0 Å². The fraction of sp³-hybridized carbons (Fsp3) is 0. The Labute approximate surface area is 60.5 Å². The van der Waals surface area contributed by atoms with Crippen LogP contribution in [0.15, 0.2) is 0 Å². The van der Waals surface area contributed by atoms with Gasteiger partial charge in [0.2, 0.25) is 0 Å². The van der Waals surface area contributed by atoms with E-state index in [2.05, 4.69) is 0 Å². The molecule has 0 aliphatic rings. The summed E-state index contributed by atoms with van der Waals surface area (Å²) in [6.07, 6.45) is 0. The molecule has 0 spiro atoms. The molecule has 0 fully saturated rings. The molecular formula is H2Cl2F6Ru-4. The van der Waals surface area contributed by atoms with Gasteiger partial charge in [0.1, 0.15) is 0 Å². The van der Waals surface area contributed by atoms with Crippen molar-refractivity contribution >= 4 is 24.8 Å². The number of hydrogen-bond donors (Lipinski definition) is 0. The monoisotopic (exact) mass is 288 g/mol. The van der Waals surface area contributed by atoms with Gasteiger partial charge in [0.25, 0.3) is 0 Å². The van der Waals surface area contributed by atoms with Gasteiger partial charge in [-0.2, -0.15) is 0 Å². The molecule has 0 aromatic heterocycles. The molecule has 0 N–H and O–H groups in total. The Hall–Kier alpha value is 0.783. The van der Waals surface area contributed by atoms with Gasteiger partial charge < -0.3 is 0 Å². The van der Waals surface area contributed by atoms with Crippen LogP contribution in [-0.2, 0) is 15.4 Å². The van der Waals surface area contributed by atoms with Gasteiger partial charge in [-0.15, -0.1) is 24.8 Å². The van der Waals surface area contributed by atoms with Crippen molar-refractivity contribution in [2.75, 3.05) is 0 Å². The standard InChI is InChI=1S/2ClH.6FH.Ru/h8*1H;/q;;;;;;;;+2/p-6. The van der Waals surface area contributed by atoms with E-state index in [9.17, 15) is 19.9 Å². The van der Waals surface area contributed by atoms with Crippen LogP contribution in [0.3, 0.4) is 0 Å². The van der Waals surface area contributed by atoms with Gasteiger partial charge in [-0.25, -0.2) is 0 Å². The molecule has 0 unspecified atom stereocenters. The molecule has 0 radical (unpaired) electrons. The predicted octanol–water partition coefficient (Wildman–Crippen LogP) is 3.36. The Bertz CT molecular complexity index is 69.6. The molecule has 0 amide bonds. The topological polar surface area (TPSA) is 0 Å². The second-order valence-electron chi connectivity index (χ2n) is 0.758. The molecule has 9 heteroatoms. The molecule has 0 nitrogen and oxygen atoms in total. The molecule has 0 aliphatic carbocycles. The third kappa shape index (κ3) is 659. The van der Waals surface area contributed by atoms with Crippen LogP contribution in [0.4, 0.5) is 19.9 Å². The number of hydrogen-bond acceptors (Lipinski definition) is 0. The van der Waals surface area contributed by atoms with Gasteiger partial charge in [-0.1, -0.05) is 0 Å². The molecule has 0 aromatic carbocycles. The quantitative estimate of drug-likeness (QED) is 0.473. The van der Waals surface area contributed by atoms with E-state index in [-0.39, 0.29) is 24.8 Å². The van der Waals surface area contributed by atoms with E-state index in [1.807, 2.05) is 0 Å². The normalized spacial score (nSPS) is 18.0. The predicted molar refractivity (Wildman–Crippen MR) is 21.1 cm³/mol. The minimum atomic E-state index is -11.0. The second-order valence-corrected chi connectivity index (χ2v) is 4.48. The summed E-state index contributed by atoms with van der Waals surface area (Å²) >= 11 is -11.0. The molecule has 70 valence electrons. The SMILES string of the molecule is Cl.Cl.[F][Ru-4]([F])([F])([F])([F])[F]. The summed E-state index contributed by atoms with van der Waals surface area (Å²) in [6.45, 7) is 0. The Balaban J connectivity index is -0.000000180. The summed E-state index contributed by atoms with van der Waals surface area (Å²) in [5.41, 5.74) is 0. The Morgan fingerprint density at radius 1 is 0.556 bits per heavy atom. The molecule has 0 aliphatic heterocycles. The first-order chi connectivity index (χ1) is 2.45. The Morgan fingerprint density at radius 2 is 0.556 bits per heavy atom.